The first kappa shape index (κ1) is 37.6. The molecule has 0 heterocycles. The lowest BCUT2D eigenvalue weighted by Crippen LogP contribution is -2.37. The molecule has 0 saturated heterocycles. The maximum Gasteiger partial charge on any atom is 0.187 e. The van der Waals surface area contributed by atoms with E-state index in [0.717, 1.165) is 39.9 Å². The molecule has 0 fully saturated rings. The molecule has 0 spiro atoms. The molecule has 4 heteroatoms. The normalized spacial score (nSPS) is 26.4. The van der Waals surface area contributed by atoms with Crippen LogP contribution in [-0.4, -0.2) is 34.0 Å². The standard InChI is InChI=1S/C41H54O4/c1-11-41(10)27-37(43)39(45)33(7)35(41)25-23-31(5)21-15-19-29(3)17-13-12-16-28(2)18-14-20-30(4)22-24-34-32(6)38(44)36(42)26-40(34,8)9/h12-25,36-37,42-43H,11,26-27H2,1-10H3/b13-12+,18-14+,19-15+,24-22+,25-23+,28-16+,29-17+,30-20+,31-21+. The number of aliphatic hydroxyl groups excluding tert-OH is 2. The van der Waals surface area contributed by atoms with Gasteiger partial charge in [0, 0.05) is 0 Å². The van der Waals surface area contributed by atoms with E-state index in [0.29, 0.717) is 24.0 Å². The van der Waals surface area contributed by atoms with E-state index in [1.54, 1.807) is 6.92 Å². The Morgan fingerprint density at radius 3 is 1.49 bits per heavy atom. The summed E-state index contributed by atoms with van der Waals surface area (Å²) in [4.78, 5) is 24.6. The van der Waals surface area contributed by atoms with Gasteiger partial charge in [-0.25, -0.2) is 0 Å². The summed E-state index contributed by atoms with van der Waals surface area (Å²) in [6, 6.07) is 0. The number of carbonyl (C=O) groups excluding carboxylic acids is 2. The van der Waals surface area contributed by atoms with E-state index in [9.17, 15) is 19.8 Å². The molecule has 0 amide bonds. The molecule has 2 aliphatic rings. The Hall–Kier alpha value is -3.60. The fraction of sp³-hybridized carbons (Fsp3) is 0.415. The molecule has 2 aliphatic carbocycles. The van der Waals surface area contributed by atoms with Gasteiger partial charge in [-0.2, -0.15) is 0 Å². The number of Topliss-reactive ketones (excluding diaryl/α,β-unsaturated/α-hetero) is 2. The van der Waals surface area contributed by atoms with Crippen molar-refractivity contribution in [3.8, 4) is 0 Å². The van der Waals surface area contributed by atoms with Gasteiger partial charge in [0.1, 0.15) is 12.2 Å². The van der Waals surface area contributed by atoms with Crippen LogP contribution in [0.25, 0.3) is 0 Å². The number of ketones is 2. The fourth-order valence-electron chi connectivity index (χ4n) is 5.82. The van der Waals surface area contributed by atoms with Crippen molar-refractivity contribution >= 4 is 11.6 Å². The van der Waals surface area contributed by atoms with E-state index in [2.05, 4.69) is 65.8 Å². The van der Waals surface area contributed by atoms with Crippen molar-refractivity contribution in [2.45, 2.75) is 101 Å². The third-order valence-electron chi connectivity index (χ3n) is 8.95. The number of hydrogen-bond donors (Lipinski definition) is 2. The monoisotopic (exact) mass is 610 g/mol. The highest BCUT2D eigenvalue weighted by molar-refractivity contribution is 6.01. The number of carbonyl (C=O) groups is 2. The number of hydrogen-bond acceptors (Lipinski definition) is 4. The van der Waals surface area contributed by atoms with Gasteiger partial charge in [-0.1, -0.05) is 135 Å². The Balaban J connectivity index is 1.97. The Morgan fingerprint density at radius 2 is 1.02 bits per heavy atom. The summed E-state index contributed by atoms with van der Waals surface area (Å²) >= 11 is 0. The molecule has 0 aromatic carbocycles. The van der Waals surface area contributed by atoms with Crippen LogP contribution in [0.5, 0.6) is 0 Å². The second kappa shape index (κ2) is 16.6. The van der Waals surface area contributed by atoms with E-state index in [4.69, 9.17) is 0 Å². The maximum atomic E-state index is 12.3. The smallest absolute Gasteiger partial charge is 0.187 e. The van der Waals surface area contributed by atoms with E-state index in [-0.39, 0.29) is 22.4 Å². The minimum atomic E-state index is -0.907. The number of rotatable bonds is 11. The van der Waals surface area contributed by atoms with Gasteiger partial charge >= 0.3 is 0 Å². The maximum absolute atomic E-state index is 12.3. The highest BCUT2D eigenvalue weighted by Gasteiger charge is 2.39. The zero-order valence-corrected chi connectivity index (χ0v) is 29.1. The lowest BCUT2D eigenvalue weighted by molar-refractivity contribution is -0.126. The Bertz CT molecular complexity index is 1470. The molecule has 3 atom stereocenters. The van der Waals surface area contributed by atoms with E-state index < -0.39 is 12.2 Å². The van der Waals surface area contributed by atoms with Crippen molar-refractivity contribution in [3.05, 3.63) is 130 Å². The van der Waals surface area contributed by atoms with E-state index in [1.165, 1.54) is 0 Å². The number of allylic oxidation sites excluding steroid dienone is 20. The molecular formula is C41H54O4. The molecular weight excluding hydrogens is 556 g/mol. The van der Waals surface area contributed by atoms with Gasteiger partial charge < -0.3 is 10.2 Å². The molecule has 3 unspecified atom stereocenters. The van der Waals surface area contributed by atoms with Crippen molar-refractivity contribution in [2.24, 2.45) is 10.8 Å². The van der Waals surface area contributed by atoms with Crippen LogP contribution < -0.4 is 0 Å². The number of aliphatic hydroxyl groups is 2. The van der Waals surface area contributed by atoms with Gasteiger partial charge in [0.05, 0.1) is 0 Å². The van der Waals surface area contributed by atoms with Crippen LogP contribution in [0.4, 0.5) is 0 Å². The zero-order chi connectivity index (χ0) is 33.9. The SMILES string of the molecule is CCC1(C)CC(O)C(=O)C(C)=C1/C=C/C(C)=C/C=C/C(C)=C/C=C/C=C(C)/C=C/C=C(C)/C=C/C1=C(C)C(=O)C(O)CC1(C)C. The largest absolute Gasteiger partial charge is 0.385 e. The average Bonchev–Trinajstić information content (AvgIpc) is 2.96. The summed E-state index contributed by atoms with van der Waals surface area (Å²) in [5.41, 5.74) is 7.27. The van der Waals surface area contributed by atoms with Crippen LogP contribution >= 0.6 is 0 Å². The molecule has 0 aliphatic heterocycles. The van der Waals surface area contributed by atoms with Crippen molar-refractivity contribution in [1.29, 1.82) is 0 Å². The average molecular weight is 611 g/mol. The Labute approximate surface area is 272 Å². The summed E-state index contributed by atoms with van der Waals surface area (Å²) < 4.78 is 0. The van der Waals surface area contributed by atoms with Crippen LogP contribution in [-0.2, 0) is 9.59 Å². The van der Waals surface area contributed by atoms with Crippen molar-refractivity contribution in [2.75, 3.05) is 0 Å². The summed E-state index contributed by atoms with van der Waals surface area (Å²) in [5, 5.41) is 20.2. The Kier molecular flexibility index (Phi) is 13.9. The first-order valence-corrected chi connectivity index (χ1v) is 16.0. The zero-order valence-electron chi connectivity index (χ0n) is 29.1. The van der Waals surface area contributed by atoms with Crippen molar-refractivity contribution in [1.82, 2.24) is 0 Å². The second-order valence-corrected chi connectivity index (χ2v) is 13.5. The van der Waals surface area contributed by atoms with Gasteiger partial charge in [-0.05, 0) is 93.9 Å². The van der Waals surface area contributed by atoms with Gasteiger partial charge in [0.25, 0.3) is 0 Å². The van der Waals surface area contributed by atoms with Crippen LogP contribution in [0.3, 0.4) is 0 Å². The Morgan fingerprint density at radius 1 is 0.644 bits per heavy atom. The molecule has 0 radical (unpaired) electrons. The van der Waals surface area contributed by atoms with Gasteiger partial charge in [-0.3, -0.25) is 9.59 Å². The van der Waals surface area contributed by atoms with Crippen LogP contribution in [0, 0.1) is 10.8 Å². The molecule has 45 heavy (non-hydrogen) atoms. The highest BCUT2D eigenvalue weighted by atomic mass is 16.3. The summed E-state index contributed by atoms with van der Waals surface area (Å²) in [7, 11) is 0. The second-order valence-electron chi connectivity index (χ2n) is 13.5. The van der Waals surface area contributed by atoms with Crippen molar-refractivity contribution < 1.29 is 19.8 Å². The molecule has 242 valence electrons. The first-order valence-electron chi connectivity index (χ1n) is 16.0. The summed E-state index contributed by atoms with van der Waals surface area (Å²) in [6.45, 7) is 20.1. The molecule has 0 aromatic heterocycles. The van der Waals surface area contributed by atoms with Crippen molar-refractivity contribution in [3.63, 3.8) is 0 Å². The molecule has 4 nitrogen and oxygen atoms in total. The topological polar surface area (TPSA) is 74.6 Å². The van der Waals surface area contributed by atoms with Crippen LogP contribution in [0.1, 0.15) is 88.5 Å². The lowest BCUT2D eigenvalue weighted by Gasteiger charge is -2.37. The minimum absolute atomic E-state index is 0.164. The predicted octanol–water partition coefficient (Wildman–Crippen LogP) is 9.30. The van der Waals surface area contributed by atoms with E-state index >= 15 is 0 Å². The minimum Gasteiger partial charge on any atom is -0.385 e. The fourth-order valence-corrected chi connectivity index (χ4v) is 5.82. The highest BCUT2D eigenvalue weighted by Crippen LogP contribution is 2.43. The first-order chi connectivity index (χ1) is 21.0. The van der Waals surface area contributed by atoms with Crippen LogP contribution in [0.2, 0.25) is 0 Å². The third-order valence-corrected chi connectivity index (χ3v) is 8.95. The molecule has 0 aromatic rings. The quantitative estimate of drug-likeness (QED) is 0.229. The van der Waals surface area contributed by atoms with Crippen LogP contribution in [0.15, 0.2) is 130 Å². The summed E-state index contributed by atoms with van der Waals surface area (Å²) in [5.74, 6) is -0.339. The van der Waals surface area contributed by atoms with E-state index in [1.807, 2.05) is 81.5 Å². The predicted molar refractivity (Wildman–Crippen MR) is 190 cm³/mol. The molecule has 2 rings (SSSR count). The lowest BCUT2D eigenvalue weighted by atomic mass is 9.68. The molecule has 0 bridgehead atoms. The third kappa shape index (κ3) is 10.8. The molecule has 2 N–H and O–H groups in total. The van der Waals surface area contributed by atoms with Gasteiger partial charge in [0.2, 0.25) is 0 Å². The van der Waals surface area contributed by atoms with Gasteiger partial charge in [0.15, 0.2) is 11.6 Å². The molecule has 0 saturated carbocycles. The summed E-state index contributed by atoms with van der Waals surface area (Å²) in [6.07, 6.45) is 28.5. The van der Waals surface area contributed by atoms with Gasteiger partial charge in [-0.15, -0.1) is 0 Å².